The van der Waals surface area contributed by atoms with Crippen molar-refractivity contribution in [1.29, 1.82) is 0 Å². The molecule has 3 nitrogen and oxygen atoms in total. The lowest BCUT2D eigenvalue weighted by Crippen LogP contribution is -2.56. The minimum absolute atomic E-state index is 0.347. The normalized spacial score (nSPS) is 40.5. The lowest BCUT2D eigenvalue weighted by molar-refractivity contribution is 0.0666. The van der Waals surface area contributed by atoms with Crippen LogP contribution in [0, 0.1) is 5.92 Å². The number of hydrogen-bond donors (Lipinski definition) is 1. The summed E-state index contributed by atoms with van der Waals surface area (Å²) in [6, 6.07) is 0.817. The Kier molecular flexibility index (Phi) is 4.68. The first-order chi connectivity index (χ1) is 9.80. The third-order valence-corrected chi connectivity index (χ3v) is 6.47. The van der Waals surface area contributed by atoms with Crippen molar-refractivity contribution in [2.24, 2.45) is 11.7 Å². The summed E-state index contributed by atoms with van der Waals surface area (Å²) in [5.74, 6) is 0.840. The molecule has 0 aromatic carbocycles. The highest BCUT2D eigenvalue weighted by Gasteiger charge is 2.47. The third-order valence-electron chi connectivity index (χ3n) is 6.47. The van der Waals surface area contributed by atoms with Crippen LogP contribution in [-0.2, 0) is 0 Å². The fourth-order valence-corrected chi connectivity index (χ4v) is 5.25. The molecule has 0 bridgehead atoms. The van der Waals surface area contributed by atoms with Crippen LogP contribution < -0.4 is 5.73 Å². The molecule has 2 saturated heterocycles. The fraction of sp³-hybridized carbons (Fsp3) is 1.00. The fourth-order valence-electron chi connectivity index (χ4n) is 5.25. The van der Waals surface area contributed by atoms with Gasteiger partial charge in [-0.15, -0.1) is 0 Å². The van der Waals surface area contributed by atoms with Crippen molar-refractivity contribution in [3.63, 3.8) is 0 Å². The average molecular weight is 279 g/mol. The van der Waals surface area contributed by atoms with Crippen LogP contribution in [0.3, 0.4) is 0 Å². The van der Waals surface area contributed by atoms with Gasteiger partial charge in [0.1, 0.15) is 0 Å². The smallest absolute Gasteiger partial charge is 0.0360 e. The molecule has 3 atom stereocenters. The van der Waals surface area contributed by atoms with Crippen LogP contribution in [0.4, 0.5) is 0 Å². The first-order valence-electron chi connectivity index (χ1n) is 8.99. The van der Waals surface area contributed by atoms with Gasteiger partial charge in [0.25, 0.3) is 0 Å². The minimum Gasteiger partial charge on any atom is -0.329 e. The van der Waals surface area contributed by atoms with Crippen molar-refractivity contribution in [2.45, 2.75) is 69.9 Å². The van der Waals surface area contributed by atoms with Gasteiger partial charge >= 0.3 is 0 Å². The van der Waals surface area contributed by atoms with Gasteiger partial charge < -0.3 is 5.73 Å². The molecule has 2 heterocycles. The van der Waals surface area contributed by atoms with E-state index in [2.05, 4.69) is 16.7 Å². The van der Waals surface area contributed by atoms with E-state index in [1.807, 2.05) is 0 Å². The topological polar surface area (TPSA) is 32.5 Å². The molecule has 20 heavy (non-hydrogen) atoms. The van der Waals surface area contributed by atoms with Crippen LogP contribution in [0.1, 0.15) is 58.3 Å². The maximum Gasteiger partial charge on any atom is 0.0360 e. The van der Waals surface area contributed by atoms with Crippen molar-refractivity contribution < 1.29 is 0 Å². The first-order valence-corrected chi connectivity index (χ1v) is 8.99. The Balaban J connectivity index is 1.65. The van der Waals surface area contributed by atoms with Crippen LogP contribution in [-0.4, -0.2) is 54.1 Å². The summed E-state index contributed by atoms with van der Waals surface area (Å²) < 4.78 is 0. The van der Waals surface area contributed by atoms with Crippen LogP contribution in [0.2, 0.25) is 0 Å². The molecule has 116 valence electrons. The van der Waals surface area contributed by atoms with Crippen molar-refractivity contribution in [3.8, 4) is 0 Å². The van der Waals surface area contributed by atoms with Gasteiger partial charge in [-0.25, -0.2) is 0 Å². The highest BCUT2D eigenvalue weighted by Crippen LogP contribution is 2.43. The van der Waals surface area contributed by atoms with E-state index in [0.29, 0.717) is 5.54 Å². The Bertz CT molecular complexity index is 313. The van der Waals surface area contributed by atoms with Gasteiger partial charge in [0.2, 0.25) is 0 Å². The van der Waals surface area contributed by atoms with Crippen LogP contribution in [0.15, 0.2) is 0 Å². The van der Waals surface area contributed by atoms with Crippen molar-refractivity contribution in [1.82, 2.24) is 9.80 Å². The SMILES string of the molecule is CCC1CCCC1(CN)N1CCC(N2CCCCC2)C1. The second-order valence-corrected chi connectivity index (χ2v) is 7.29. The molecule has 0 radical (unpaired) electrons. The van der Waals surface area contributed by atoms with Gasteiger partial charge in [-0.2, -0.15) is 0 Å². The predicted molar refractivity (Wildman–Crippen MR) is 84.8 cm³/mol. The predicted octanol–water partition coefficient (Wildman–Crippen LogP) is 2.45. The quantitative estimate of drug-likeness (QED) is 0.858. The lowest BCUT2D eigenvalue weighted by atomic mass is 9.83. The van der Waals surface area contributed by atoms with Crippen molar-refractivity contribution >= 4 is 0 Å². The Labute approximate surface area is 124 Å². The Morgan fingerprint density at radius 2 is 1.85 bits per heavy atom. The maximum absolute atomic E-state index is 6.28. The van der Waals surface area contributed by atoms with Gasteiger partial charge in [-0.3, -0.25) is 9.80 Å². The standard InChI is InChI=1S/C17H33N3/c1-2-15-7-6-9-17(15,14-18)20-12-8-16(13-20)19-10-4-3-5-11-19/h15-16H,2-14,18H2,1H3. The van der Waals surface area contributed by atoms with Gasteiger partial charge in [-0.05, 0) is 51.1 Å². The lowest BCUT2D eigenvalue weighted by Gasteiger charge is -2.43. The molecule has 0 amide bonds. The molecule has 3 unspecified atom stereocenters. The van der Waals surface area contributed by atoms with Crippen molar-refractivity contribution in [2.75, 3.05) is 32.7 Å². The number of nitrogens with zero attached hydrogens (tertiary/aromatic N) is 2. The Morgan fingerprint density at radius 3 is 2.55 bits per heavy atom. The summed E-state index contributed by atoms with van der Waals surface area (Å²) in [5.41, 5.74) is 6.63. The molecular weight excluding hydrogens is 246 g/mol. The second kappa shape index (κ2) is 6.33. The number of nitrogens with two attached hydrogens (primary N) is 1. The monoisotopic (exact) mass is 279 g/mol. The molecule has 0 aromatic heterocycles. The molecule has 3 fully saturated rings. The van der Waals surface area contributed by atoms with Gasteiger partial charge in [0, 0.05) is 31.2 Å². The molecule has 3 rings (SSSR count). The molecule has 0 spiro atoms. The second-order valence-electron chi connectivity index (χ2n) is 7.29. The van der Waals surface area contributed by atoms with E-state index in [4.69, 9.17) is 5.73 Å². The highest BCUT2D eigenvalue weighted by atomic mass is 15.3. The number of hydrogen-bond acceptors (Lipinski definition) is 3. The zero-order valence-electron chi connectivity index (χ0n) is 13.3. The Hall–Kier alpha value is -0.120. The highest BCUT2D eigenvalue weighted by molar-refractivity contribution is 5.04. The molecule has 2 aliphatic heterocycles. The third kappa shape index (κ3) is 2.53. The molecule has 0 aromatic rings. The average Bonchev–Trinajstić information content (AvgIpc) is 3.15. The number of likely N-dealkylation sites (tertiary alicyclic amines) is 2. The van der Waals surface area contributed by atoms with Gasteiger partial charge in [-0.1, -0.05) is 26.2 Å². The van der Waals surface area contributed by atoms with E-state index in [1.54, 1.807) is 0 Å². The molecule has 2 N–H and O–H groups in total. The molecule has 1 aliphatic carbocycles. The summed E-state index contributed by atoms with van der Waals surface area (Å²) in [7, 11) is 0. The maximum atomic E-state index is 6.28. The zero-order valence-corrected chi connectivity index (χ0v) is 13.3. The van der Waals surface area contributed by atoms with Crippen LogP contribution in [0.25, 0.3) is 0 Å². The molecular formula is C17H33N3. The zero-order chi connectivity index (χ0) is 14.0. The van der Waals surface area contributed by atoms with Gasteiger partial charge in [0.15, 0.2) is 0 Å². The summed E-state index contributed by atoms with van der Waals surface area (Å²) in [4.78, 5) is 5.57. The van der Waals surface area contributed by atoms with Gasteiger partial charge in [0.05, 0.1) is 0 Å². The summed E-state index contributed by atoms with van der Waals surface area (Å²) in [6.45, 7) is 8.48. The summed E-state index contributed by atoms with van der Waals surface area (Å²) in [5, 5.41) is 0. The minimum atomic E-state index is 0.347. The Morgan fingerprint density at radius 1 is 1.05 bits per heavy atom. The number of rotatable bonds is 4. The van der Waals surface area contributed by atoms with E-state index in [1.165, 1.54) is 77.5 Å². The number of piperidine rings is 1. The van der Waals surface area contributed by atoms with E-state index in [9.17, 15) is 0 Å². The van der Waals surface area contributed by atoms with Crippen LogP contribution in [0.5, 0.6) is 0 Å². The van der Waals surface area contributed by atoms with E-state index in [0.717, 1.165) is 18.5 Å². The van der Waals surface area contributed by atoms with Crippen molar-refractivity contribution in [3.05, 3.63) is 0 Å². The molecule has 3 heteroatoms. The molecule has 3 aliphatic rings. The van der Waals surface area contributed by atoms with E-state index in [-0.39, 0.29) is 0 Å². The van der Waals surface area contributed by atoms with E-state index >= 15 is 0 Å². The summed E-state index contributed by atoms with van der Waals surface area (Å²) >= 11 is 0. The first kappa shape index (κ1) is 14.8. The van der Waals surface area contributed by atoms with E-state index < -0.39 is 0 Å². The summed E-state index contributed by atoms with van der Waals surface area (Å²) in [6.07, 6.45) is 11.1. The largest absolute Gasteiger partial charge is 0.329 e. The molecule has 1 saturated carbocycles. The van der Waals surface area contributed by atoms with Crippen LogP contribution >= 0.6 is 0 Å².